The van der Waals surface area contributed by atoms with Crippen LogP contribution in [0, 0.1) is 11.8 Å². The lowest BCUT2D eigenvalue weighted by atomic mass is 9.84. The highest BCUT2D eigenvalue weighted by Crippen LogP contribution is 2.47. The summed E-state index contributed by atoms with van der Waals surface area (Å²) < 4.78 is 0. The summed E-state index contributed by atoms with van der Waals surface area (Å²) >= 11 is 0. The molecule has 0 aromatic carbocycles. The first-order valence-corrected chi connectivity index (χ1v) is 20.9. The Bertz CT molecular complexity index is 2060. The van der Waals surface area contributed by atoms with Gasteiger partial charge >= 0.3 is 5.97 Å². The Balaban J connectivity index is 1.54. The number of rotatable bonds is 16. The molecule has 2 atom stereocenters. The van der Waals surface area contributed by atoms with Crippen molar-refractivity contribution in [3.8, 4) is 0 Å². The van der Waals surface area contributed by atoms with Crippen LogP contribution in [-0.4, -0.2) is 108 Å². The third kappa shape index (κ3) is 8.51. The second kappa shape index (κ2) is 17.5. The van der Waals surface area contributed by atoms with E-state index in [-0.39, 0.29) is 29.9 Å². The van der Waals surface area contributed by atoms with Gasteiger partial charge in [-0.15, -0.1) is 0 Å². The quantitative estimate of drug-likeness (QED) is 0.146. The van der Waals surface area contributed by atoms with E-state index in [1.165, 1.54) is 0 Å². The fourth-order valence-electron chi connectivity index (χ4n) is 9.26. The third-order valence-electron chi connectivity index (χ3n) is 12.4. The Labute approximate surface area is 339 Å². The molecule has 0 spiro atoms. The normalized spacial score (nSPS) is 21.7. The first kappa shape index (κ1) is 42.0. The van der Waals surface area contributed by atoms with E-state index in [1.807, 2.05) is 11.8 Å². The molecule has 5 aliphatic heterocycles. The number of hydrogen-bond acceptors (Lipinski definition) is 9. The zero-order valence-electron chi connectivity index (χ0n) is 35.9. The van der Waals surface area contributed by atoms with Gasteiger partial charge in [0.25, 0.3) is 0 Å². The Morgan fingerprint density at radius 2 is 1.42 bits per heavy atom. The monoisotopic (exact) mass is 777 g/mol. The number of amides is 1. The average Bonchev–Trinajstić information content (AvgIpc) is 3.91. The molecule has 6 aliphatic rings. The first-order chi connectivity index (χ1) is 27.1. The molecule has 57 heavy (non-hydrogen) atoms. The van der Waals surface area contributed by atoms with Gasteiger partial charge in [0.05, 0.1) is 34.2 Å². The summed E-state index contributed by atoms with van der Waals surface area (Å²) in [5.41, 5.74) is 15.0. The van der Waals surface area contributed by atoms with Crippen LogP contribution in [0.5, 0.6) is 0 Å². The van der Waals surface area contributed by atoms with Crippen LogP contribution >= 0.6 is 0 Å². The molecule has 306 valence electrons. The van der Waals surface area contributed by atoms with Gasteiger partial charge in [-0.1, -0.05) is 20.8 Å². The summed E-state index contributed by atoms with van der Waals surface area (Å²) in [6, 6.07) is 0. The molecular weight excluding hydrogens is 715 g/mol. The minimum Gasteiger partial charge on any atom is -0.511 e. The van der Waals surface area contributed by atoms with Crippen molar-refractivity contribution in [1.29, 1.82) is 0 Å². The molecule has 0 aromatic rings. The summed E-state index contributed by atoms with van der Waals surface area (Å²) in [6.07, 6.45) is 9.14. The zero-order chi connectivity index (χ0) is 41.3. The van der Waals surface area contributed by atoms with Gasteiger partial charge in [0, 0.05) is 66.7 Å². The topological polar surface area (TPSA) is 133 Å². The highest BCUT2D eigenvalue weighted by Gasteiger charge is 2.43. The highest BCUT2D eigenvalue weighted by molar-refractivity contribution is 6.21. The van der Waals surface area contributed by atoms with E-state index in [0.717, 1.165) is 129 Å². The molecule has 1 fully saturated rings. The number of aliphatic hydroxyl groups is 1. The SMILES string of the molecule is CCC1=C(C)C2=NC1=CC1=C(C)C3=C(O)CC(=C4NC(=C(CCCC(=O)O)C5=NC(=C2)C(CC)=C5C)[C@@H](C)C4CC(=O)N(CCCN(C)C)CCCN(C)C)C3=N1. The summed E-state index contributed by atoms with van der Waals surface area (Å²) in [4.78, 5) is 48.6. The number of hydrogen-bond donors (Lipinski definition) is 3. The Morgan fingerprint density at radius 3 is 2.04 bits per heavy atom. The van der Waals surface area contributed by atoms with Crippen LogP contribution < -0.4 is 5.32 Å². The van der Waals surface area contributed by atoms with Crippen molar-refractivity contribution in [1.82, 2.24) is 20.0 Å². The lowest BCUT2D eigenvalue weighted by molar-refractivity contribution is -0.137. The zero-order valence-corrected chi connectivity index (χ0v) is 35.9. The van der Waals surface area contributed by atoms with Crippen LogP contribution in [0.4, 0.5) is 0 Å². The second-order valence-electron chi connectivity index (χ2n) is 16.9. The maximum atomic E-state index is 14.6. The number of aliphatic carboxylic acids is 1. The standard InChI is InChI=1S/C46H63N7O4/c1-11-30-26(3)35-24-38-31(12-2)27(4)43(49-38)32(16-13-17-41(56)57)44-28(5)33(23-40(55)53(20-14-18-51(7)8)21-15-19-52(9)10)45(50-44)34-22-39(54)42-29(6)36(48-46(34)42)25-37(30)47-35/h24-25,28,33,50,54H,11-23H2,1-10H3,(H,56,57)/t28-,33?/m0/s1. The van der Waals surface area contributed by atoms with Crippen molar-refractivity contribution in [2.45, 2.75) is 99.3 Å². The van der Waals surface area contributed by atoms with Gasteiger partial charge in [0.1, 0.15) is 5.76 Å². The van der Waals surface area contributed by atoms with Crippen molar-refractivity contribution < 1.29 is 19.8 Å². The molecule has 5 heterocycles. The molecule has 6 rings (SSSR count). The summed E-state index contributed by atoms with van der Waals surface area (Å²) in [6.45, 7) is 15.9. The van der Waals surface area contributed by atoms with Crippen LogP contribution in [-0.2, 0) is 9.59 Å². The number of nitrogens with one attached hydrogen (secondary N) is 1. The van der Waals surface area contributed by atoms with Gasteiger partial charge in [-0.05, 0) is 146 Å². The van der Waals surface area contributed by atoms with Crippen molar-refractivity contribution >= 4 is 29.0 Å². The van der Waals surface area contributed by atoms with E-state index in [2.05, 4.69) is 90.1 Å². The molecule has 11 heteroatoms. The Kier molecular flexibility index (Phi) is 12.9. The number of carbonyl (C=O) groups is 2. The van der Waals surface area contributed by atoms with Gasteiger partial charge in [-0.2, -0.15) is 0 Å². The lowest BCUT2D eigenvalue weighted by Gasteiger charge is -2.27. The van der Waals surface area contributed by atoms with Gasteiger partial charge < -0.3 is 30.2 Å². The average molecular weight is 778 g/mol. The molecule has 8 bridgehead atoms. The van der Waals surface area contributed by atoms with E-state index in [4.69, 9.17) is 15.0 Å². The minimum absolute atomic E-state index is 0.0383. The number of allylic oxidation sites excluding steroid dienone is 12. The van der Waals surface area contributed by atoms with E-state index in [0.29, 0.717) is 38.8 Å². The smallest absolute Gasteiger partial charge is 0.303 e. The maximum absolute atomic E-state index is 14.6. The van der Waals surface area contributed by atoms with Gasteiger partial charge in [-0.25, -0.2) is 15.0 Å². The fraction of sp³-hybridized carbons (Fsp3) is 0.543. The lowest BCUT2D eigenvalue weighted by Crippen LogP contribution is -2.37. The second-order valence-corrected chi connectivity index (χ2v) is 16.9. The molecule has 1 aliphatic carbocycles. The van der Waals surface area contributed by atoms with Gasteiger partial charge in [0.15, 0.2) is 0 Å². The predicted octanol–water partition coefficient (Wildman–Crippen LogP) is 7.82. The molecule has 1 saturated heterocycles. The van der Waals surface area contributed by atoms with Crippen LogP contribution in [0.15, 0.2) is 106 Å². The molecule has 3 N–H and O–H groups in total. The molecule has 1 amide bonds. The van der Waals surface area contributed by atoms with Crippen molar-refractivity contribution in [2.75, 3.05) is 54.4 Å². The number of aliphatic imine (C=N–C) groups is 3. The van der Waals surface area contributed by atoms with Crippen molar-refractivity contribution in [3.63, 3.8) is 0 Å². The summed E-state index contributed by atoms with van der Waals surface area (Å²) in [5, 5.41) is 25.2. The molecule has 0 radical (unpaired) electrons. The fourth-order valence-corrected chi connectivity index (χ4v) is 9.26. The molecular formula is C46H63N7O4. The molecule has 0 aromatic heterocycles. The Hall–Kier alpha value is -4.61. The molecule has 1 unspecified atom stereocenters. The number of fused-ring (bicyclic) bond motifs is 5. The van der Waals surface area contributed by atoms with Crippen molar-refractivity contribution in [3.05, 3.63) is 91.0 Å². The molecule has 11 nitrogen and oxygen atoms in total. The molecule has 0 saturated carbocycles. The summed E-state index contributed by atoms with van der Waals surface area (Å²) in [5.74, 6) is -0.771. The van der Waals surface area contributed by atoms with Crippen LogP contribution in [0.1, 0.15) is 99.3 Å². The van der Waals surface area contributed by atoms with E-state index >= 15 is 0 Å². The highest BCUT2D eigenvalue weighted by atomic mass is 16.4. The number of carboxylic acid groups (broad SMARTS) is 1. The van der Waals surface area contributed by atoms with Crippen LogP contribution in [0.25, 0.3) is 0 Å². The van der Waals surface area contributed by atoms with Gasteiger partial charge in [-0.3, -0.25) is 9.59 Å². The van der Waals surface area contributed by atoms with Crippen molar-refractivity contribution in [2.24, 2.45) is 26.8 Å². The van der Waals surface area contributed by atoms with E-state index in [9.17, 15) is 19.8 Å². The predicted molar refractivity (Wildman–Crippen MR) is 230 cm³/mol. The number of aliphatic hydroxyl groups excluding tert-OH is 1. The number of carbonyl (C=O) groups excluding carboxylic acids is 1. The first-order valence-electron chi connectivity index (χ1n) is 20.9. The minimum atomic E-state index is -0.832. The Morgan fingerprint density at radius 1 is 0.789 bits per heavy atom. The third-order valence-corrected chi connectivity index (χ3v) is 12.4. The van der Waals surface area contributed by atoms with Crippen LogP contribution in [0.3, 0.4) is 0 Å². The number of carboxylic acids is 1. The largest absolute Gasteiger partial charge is 0.511 e. The van der Waals surface area contributed by atoms with Gasteiger partial charge in [0.2, 0.25) is 5.91 Å². The maximum Gasteiger partial charge on any atom is 0.303 e. The van der Waals surface area contributed by atoms with Crippen LogP contribution in [0.2, 0.25) is 0 Å². The number of nitrogens with zero attached hydrogens (tertiary/aromatic N) is 6. The van der Waals surface area contributed by atoms with E-state index < -0.39 is 5.97 Å². The van der Waals surface area contributed by atoms with E-state index in [1.54, 1.807) is 0 Å². The summed E-state index contributed by atoms with van der Waals surface area (Å²) in [7, 11) is 8.24.